The second kappa shape index (κ2) is 8.15. The minimum absolute atomic E-state index is 0.0961. The maximum Gasteiger partial charge on any atom is 0.184 e. The molecule has 0 atom stereocenters. The molecule has 2 heterocycles. The molecule has 5 nitrogen and oxygen atoms in total. The van der Waals surface area contributed by atoms with Gasteiger partial charge in [-0.2, -0.15) is 10.2 Å². The van der Waals surface area contributed by atoms with Crippen molar-refractivity contribution in [3.8, 4) is 0 Å². The third-order valence-corrected chi connectivity index (χ3v) is 4.13. The molecule has 0 spiro atoms. The number of hydrazone groups is 2. The zero-order chi connectivity index (χ0) is 15.1. The molecule has 0 amide bonds. The van der Waals surface area contributed by atoms with E-state index in [-0.39, 0.29) is 5.78 Å². The molecule has 21 heavy (non-hydrogen) atoms. The molecule has 0 unspecified atom stereocenters. The second-order valence-electron chi connectivity index (χ2n) is 5.94. The molecule has 0 N–H and O–H groups in total. The fourth-order valence-electron chi connectivity index (χ4n) is 2.85. The van der Waals surface area contributed by atoms with E-state index >= 15 is 0 Å². The fourth-order valence-corrected chi connectivity index (χ4v) is 2.85. The van der Waals surface area contributed by atoms with Gasteiger partial charge in [0.05, 0.1) is 5.71 Å². The molecule has 2 aliphatic rings. The second-order valence-corrected chi connectivity index (χ2v) is 5.94. The van der Waals surface area contributed by atoms with Crippen molar-refractivity contribution in [2.24, 2.45) is 10.2 Å². The van der Waals surface area contributed by atoms with Crippen LogP contribution in [0.15, 0.2) is 10.2 Å². The van der Waals surface area contributed by atoms with Gasteiger partial charge in [0.15, 0.2) is 5.78 Å². The Hall–Kier alpha value is -1.39. The Morgan fingerprint density at radius 3 is 1.81 bits per heavy atom. The molecule has 2 rings (SSSR count). The number of hydrogen-bond acceptors (Lipinski definition) is 5. The summed E-state index contributed by atoms with van der Waals surface area (Å²) in [6, 6.07) is 0. The lowest BCUT2D eigenvalue weighted by Gasteiger charge is -2.26. The maximum atomic E-state index is 12.2. The van der Waals surface area contributed by atoms with Gasteiger partial charge >= 0.3 is 0 Å². The highest BCUT2D eigenvalue weighted by molar-refractivity contribution is 6.66. The highest BCUT2D eigenvalue weighted by Gasteiger charge is 2.18. The van der Waals surface area contributed by atoms with Gasteiger partial charge in [0, 0.05) is 32.6 Å². The van der Waals surface area contributed by atoms with E-state index in [2.05, 4.69) is 15.2 Å². The number of nitrogens with zero attached hydrogens (tertiary/aromatic N) is 4. The van der Waals surface area contributed by atoms with Crippen molar-refractivity contribution in [2.45, 2.75) is 58.8 Å². The monoisotopic (exact) mass is 292 g/mol. The normalized spacial score (nSPS) is 21.6. The van der Waals surface area contributed by atoms with Crippen LogP contribution in [-0.4, -0.2) is 53.4 Å². The van der Waals surface area contributed by atoms with E-state index < -0.39 is 0 Å². The Kier molecular flexibility index (Phi) is 6.21. The van der Waals surface area contributed by atoms with Crippen molar-refractivity contribution in [1.82, 2.24) is 10.0 Å². The molecular weight excluding hydrogens is 264 g/mol. The Morgan fingerprint density at radius 1 is 0.857 bits per heavy atom. The third-order valence-electron chi connectivity index (χ3n) is 4.13. The lowest BCUT2D eigenvalue weighted by molar-refractivity contribution is -0.112. The van der Waals surface area contributed by atoms with Crippen LogP contribution in [0.3, 0.4) is 0 Å². The van der Waals surface area contributed by atoms with Crippen LogP contribution in [0.2, 0.25) is 0 Å². The molecule has 0 aromatic carbocycles. The van der Waals surface area contributed by atoms with E-state index in [1.165, 1.54) is 38.5 Å². The Balaban J connectivity index is 2.11. The standard InChI is InChI=1S/C16H28N4O/c1-3-15(21)16(18-20-12-8-5-9-13-20)14(2)17-19-10-6-4-7-11-19/h3-13H2,1-2H3. The molecule has 2 aliphatic heterocycles. The van der Waals surface area contributed by atoms with E-state index in [0.29, 0.717) is 12.1 Å². The summed E-state index contributed by atoms with van der Waals surface area (Å²) in [6.45, 7) is 7.71. The van der Waals surface area contributed by atoms with Crippen molar-refractivity contribution in [3.63, 3.8) is 0 Å². The number of piperidine rings is 2. The summed E-state index contributed by atoms with van der Waals surface area (Å²) >= 11 is 0. The molecule has 0 bridgehead atoms. The number of ketones is 1. The van der Waals surface area contributed by atoms with Gasteiger partial charge in [-0.25, -0.2) is 0 Å². The smallest absolute Gasteiger partial charge is 0.184 e. The Labute approximate surface area is 128 Å². The quantitative estimate of drug-likeness (QED) is 0.732. The Bertz CT molecular complexity index is 405. The predicted molar refractivity (Wildman–Crippen MR) is 86.7 cm³/mol. The minimum Gasteiger partial charge on any atom is -0.297 e. The summed E-state index contributed by atoms with van der Waals surface area (Å²) in [5, 5.41) is 13.4. The highest BCUT2D eigenvalue weighted by atomic mass is 16.1. The largest absolute Gasteiger partial charge is 0.297 e. The molecular formula is C16H28N4O. The average molecular weight is 292 g/mol. The summed E-state index contributed by atoms with van der Waals surface area (Å²) in [5.41, 5.74) is 1.33. The number of hydrogen-bond donors (Lipinski definition) is 0. The number of rotatable bonds is 5. The summed E-state index contributed by atoms with van der Waals surface area (Å²) in [7, 11) is 0. The molecule has 2 saturated heterocycles. The van der Waals surface area contributed by atoms with Gasteiger partial charge in [-0.15, -0.1) is 0 Å². The first-order valence-electron chi connectivity index (χ1n) is 8.38. The van der Waals surface area contributed by atoms with Crippen molar-refractivity contribution < 1.29 is 4.79 Å². The van der Waals surface area contributed by atoms with E-state index in [4.69, 9.17) is 0 Å². The van der Waals surface area contributed by atoms with Gasteiger partial charge in [-0.05, 0) is 45.4 Å². The fraction of sp³-hybridized carbons (Fsp3) is 0.812. The SMILES string of the molecule is CCC(=O)C(=NN1CCCCC1)C(C)=NN1CCCCC1. The van der Waals surface area contributed by atoms with Gasteiger partial charge in [-0.3, -0.25) is 14.8 Å². The van der Waals surface area contributed by atoms with Crippen LogP contribution in [0.4, 0.5) is 0 Å². The van der Waals surface area contributed by atoms with Gasteiger partial charge in [-0.1, -0.05) is 6.92 Å². The first-order chi connectivity index (χ1) is 10.2. The van der Waals surface area contributed by atoms with Crippen molar-refractivity contribution in [1.29, 1.82) is 0 Å². The molecule has 2 fully saturated rings. The first kappa shape index (κ1) is 16.0. The van der Waals surface area contributed by atoms with E-state index in [0.717, 1.165) is 31.9 Å². The van der Waals surface area contributed by atoms with Crippen LogP contribution in [0.25, 0.3) is 0 Å². The molecule has 0 aromatic heterocycles. The van der Waals surface area contributed by atoms with Crippen LogP contribution in [0.1, 0.15) is 58.8 Å². The lowest BCUT2D eigenvalue weighted by Crippen LogP contribution is -2.33. The van der Waals surface area contributed by atoms with Crippen molar-refractivity contribution in [3.05, 3.63) is 0 Å². The first-order valence-corrected chi connectivity index (χ1v) is 8.38. The van der Waals surface area contributed by atoms with Gasteiger partial charge in [0.1, 0.15) is 5.71 Å². The van der Waals surface area contributed by atoms with Crippen LogP contribution >= 0.6 is 0 Å². The van der Waals surface area contributed by atoms with E-state index in [1.54, 1.807) is 0 Å². The number of carbonyl (C=O) groups is 1. The Morgan fingerprint density at radius 2 is 1.33 bits per heavy atom. The van der Waals surface area contributed by atoms with Gasteiger partial charge in [0.2, 0.25) is 0 Å². The maximum absolute atomic E-state index is 12.2. The zero-order valence-electron chi connectivity index (χ0n) is 13.5. The van der Waals surface area contributed by atoms with E-state index in [9.17, 15) is 4.79 Å². The summed E-state index contributed by atoms with van der Waals surface area (Å²) in [5.74, 6) is 0.0961. The zero-order valence-corrected chi connectivity index (χ0v) is 13.5. The van der Waals surface area contributed by atoms with Crippen LogP contribution < -0.4 is 0 Å². The summed E-state index contributed by atoms with van der Waals surface area (Å²) in [6.07, 6.45) is 7.75. The molecule has 0 aliphatic carbocycles. The third kappa shape index (κ3) is 4.83. The summed E-state index contributed by atoms with van der Waals surface area (Å²) in [4.78, 5) is 12.2. The molecule has 0 saturated carbocycles. The van der Waals surface area contributed by atoms with Crippen LogP contribution in [0, 0.1) is 0 Å². The highest BCUT2D eigenvalue weighted by Crippen LogP contribution is 2.11. The minimum atomic E-state index is 0.0961. The average Bonchev–Trinajstić information content (AvgIpc) is 2.53. The molecule has 118 valence electrons. The molecule has 0 aromatic rings. The number of carbonyl (C=O) groups excluding carboxylic acids is 1. The van der Waals surface area contributed by atoms with Gasteiger partial charge < -0.3 is 0 Å². The van der Waals surface area contributed by atoms with Gasteiger partial charge in [0.25, 0.3) is 0 Å². The lowest BCUT2D eigenvalue weighted by atomic mass is 10.1. The van der Waals surface area contributed by atoms with Crippen LogP contribution in [0.5, 0.6) is 0 Å². The summed E-state index contributed by atoms with van der Waals surface area (Å²) < 4.78 is 0. The van der Waals surface area contributed by atoms with E-state index in [1.807, 2.05) is 18.9 Å². The predicted octanol–water partition coefficient (Wildman–Crippen LogP) is 2.67. The number of Topliss-reactive ketones (excluding diaryl/α,β-unsaturated/α-hetero) is 1. The molecule has 5 heteroatoms. The molecule has 0 radical (unpaired) electrons. The van der Waals surface area contributed by atoms with Crippen molar-refractivity contribution >= 4 is 17.2 Å². The van der Waals surface area contributed by atoms with Crippen molar-refractivity contribution in [2.75, 3.05) is 26.2 Å². The topological polar surface area (TPSA) is 48.3 Å². The van der Waals surface area contributed by atoms with Crippen LogP contribution in [-0.2, 0) is 4.79 Å².